The van der Waals surface area contributed by atoms with Gasteiger partial charge < -0.3 is 25.3 Å². The first-order valence-corrected chi connectivity index (χ1v) is 9.69. The summed E-state index contributed by atoms with van der Waals surface area (Å²) in [6, 6.07) is 18.9. The maximum atomic E-state index is 13.2. The number of fused-ring (bicyclic) bond motifs is 1. The number of benzene rings is 2. The highest BCUT2D eigenvalue weighted by atomic mass is 16.6. The van der Waals surface area contributed by atoms with Crippen LogP contribution in [0.25, 0.3) is 0 Å². The van der Waals surface area contributed by atoms with Crippen molar-refractivity contribution < 1.29 is 19.2 Å². The second kappa shape index (κ2) is 8.70. The monoisotopic (exact) mass is 420 g/mol. The van der Waals surface area contributed by atoms with Crippen molar-refractivity contribution in [3.05, 3.63) is 82.4 Å². The summed E-state index contributed by atoms with van der Waals surface area (Å²) in [5, 5.41) is 11.2. The summed E-state index contributed by atoms with van der Waals surface area (Å²) in [7, 11) is 0. The SMILES string of the molecule is Nc1cccc(OCCCN2C(=O)C(c3ccccc3)Oc3ccc([N+](=O)[O-])nc32)c1. The van der Waals surface area contributed by atoms with Gasteiger partial charge in [0, 0.05) is 29.9 Å². The highest BCUT2D eigenvalue weighted by Crippen LogP contribution is 2.38. The van der Waals surface area contributed by atoms with Crippen LogP contribution < -0.4 is 20.1 Å². The van der Waals surface area contributed by atoms with E-state index >= 15 is 0 Å². The van der Waals surface area contributed by atoms with E-state index in [2.05, 4.69) is 4.98 Å². The van der Waals surface area contributed by atoms with Crippen LogP contribution in [0.2, 0.25) is 0 Å². The number of nitrogens with zero attached hydrogens (tertiary/aromatic N) is 3. The number of ether oxygens (including phenoxy) is 2. The number of rotatable bonds is 7. The molecule has 9 nitrogen and oxygen atoms in total. The number of amides is 1. The number of carbonyl (C=O) groups is 1. The van der Waals surface area contributed by atoms with Crippen molar-refractivity contribution in [1.82, 2.24) is 4.98 Å². The number of carbonyl (C=O) groups excluding carboxylic acids is 1. The van der Waals surface area contributed by atoms with Gasteiger partial charge in [0.2, 0.25) is 6.10 Å². The fraction of sp³-hybridized carbons (Fsp3) is 0.182. The average Bonchev–Trinajstić information content (AvgIpc) is 2.78. The van der Waals surface area contributed by atoms with Crippen molar-refractivity contribution in [2.24, 2.45) is 0 Å². The number of aromatic nitrogens is 1. The van der Waals surface area contributed by atoms with Gasteiger partial charge in [-0.3, -0.25) is 9.69 Å². The Morgan fingerprint density at radius 1 is 1.13 bits per heavy atom. The van der Waals surface area contributed by atoms with Crippen molar-refractivity contribution in [3.63, 3.8) is 0 Å². The van der Waals surface area contributed by atoms with Crippen molar-refractivity contribution in [2.45, 2.75) is 12.5 Å². The Labute approximate surface area is 178 Å². The van der Waals surface area contributed by atoms with E-state index in [4.69, 9.17) is 15.2 Å². The third-order valence-electron chi connectivity index (χ3n) is 4.76. The molecule has 0 saturated carbocycles. The molecule has 4 rings (SSSR count). The van der Waals surface area contributed by atoms with Crippen LogP contribution in [-0.4, -0.2) is 29.0 Å². The lowest BCUT2D eigenvalue weighted by molar-refractivity contribution is -0.389. The number of hydrogen-bond acceptors (Lipinski definition) is 7. The Bertz CT molecular complexity index is 1110. The van der Waals surface area contributed by atoms with E-state index in [1.807, 2.05) is 18.2 Å². The Kier molecular flexibility index (Phi) is 5.65. The number of hydrogen-bond donors (Lipinski definition) is 1. The largest absolute Gasteiger partial charge is 0.493 e. The number of nitrogens with two attached hydrogens (primary N) is 1. The predicted molar refractivity (Wildman–Crippen MR) is 114 cm³/mol. The first kappa shape index (κ1) is 20.1. The van der Waals surface area contributed by atoms with Gasteiger partial charge in [-0.1, -0.05) is 36.4 Å². The Hall–Kier alpha value is -4.14. The molecule has 1 unspecified atom stereocenters. The molecule has 0 aliphatic carbocycles. The van der Waals surface area contributed by atoms with Crippen molar-refractivity contribution in [2.75, 3.05) is 23.8 Å². The van der Waals surface area contributed by atoms with Crippen LogP contribution in [0.15, 0.2) is 66.7 Å². The van der Waals surface area contributed by atoms with Crippen LogP contribution in [0, 0.1) is 10.1 Å². The number of pyridine rings is 1. The van der Waals surface area contributed by atoms with Crippen LogP contribution in [0.5, 0.6) is 11.5 Å². The van der Waals surface area contributed by atoms with E-state index in [-0.39, 0.29) is 24.1 Å². The van der Waals surface area contributed by atoms with Gasteiger partial charge in [0.25, 0.3) is 11.7 Å². The molecular formula is C22H20N4O5. The number of nitrogen functional groups attached to an aromatic ring is 1. The lowest BCUT2D eigenvalue weighted by Gasteiger charge is -2.31. The lowest BCUT2D eigenvalue weighted by atomic mass is 10.1. The van der Waals surface area contributed by atoms with E-state index in [1.54, 1.807) is 36.4 Å². The molecule has 1 aliphatic rings. The summed E-state index contributed by atoms with van der Waals surface area (Å²) in [5.41, 5.74) is 7.04. The molecule has 0 fully saturated rings. The second-order valence-electron chi connectivity index (χ2n) is 6.92. The normalized spacial score (nSPS) is 15.2. The highest BCUT2D eigenvalue weighted by Gasteiger charge is 2.39. The Balaban J connectivity index is 1.55. The van der Waals surface area contributed by atoms with Crippen LogP contribution in [0.1, 0.15) is 18.1 Å². The van der Waals surface area contributed by atoms with E-state index in [9.17, 15) is 14.9 Å². The fourth-order valence-corrected chi connectivity index (χ4v) is 3.31. The Morgan fingerprint density at radius 3 is 2.68 bits per heavy atom. The molecule has 1 aromatic heterocycles. The van der Waals surface area contributed by atoms with Crippen LogP contribution in [-0.2, 0) is 4.79 Å². The molecule has 1 atom stereocenters. The molecule has 3 aromatic rings. The average molecular weight is 420 g/mol. The maximum Gasteiger partial charge on any atom is 0.366 e. The molecular weight excluding hydrogens is 400 g/mol. The minimum Gasteiger partial charge on any atom is -0.493 e. The minimum atomic E-state index is -0.855. The molecule has 1 amide bonds. The van der Waals surface area contributed by atoms with Gasteiger partial charge in [-0.25, -0.2) is 0 Å². The van der Waals surface area contributed by atoms with Crippen LogP contribution in [0.4, 0.5) is 17.3 Å². The van der Waals surface area contributed by atoms with Crippen molar-refractivity contribution in [1.29, 1.82) is 0 Å². The first-order valence-electron chi connectivity index (χ1n) is 9.69. The smallest absolute Gasteiger partial charge is 0.366 e. The molecule has 1 aliphatic heterocycles. The number of nitro groups is 1. The van der Waals surface area contributed by atoms with Gasteiger partial charge in [0.05, 0.1) is 6.61 Å². The molecule has 31 heavy (non-hydrogen) atoms. The molecule has 2 heterocycles. The van der Waals surface area contributed by atoms with Crippen molar-refractivity contribution in [3.8, 4) is 11.5 Å². The molecule has 9 heteroatoms. The molecule has 0 spiro atoms. The second-order valence-corrected chi connectivity index (χ2v) is 6.92. The highest BCUT2D eigenvalue weighted by molar-refractivity contribution is 5.99. The first-order chi connectivity index (χ1) is 15.0. The predicted octanol–water partition coefficient (Wildman–Crippen LogP) is 3.51. The Morgan fingerprint density at radius 2 is 1.94 bits per heavy atom. The van der Waals surface area contributed by atoms with Crippen molar-refractivity contribution >= 4 is 23.2 Å². The maximum absolute atomic E-state index is 13.2. The van der Waals surface area contributed by atoms with E-state index in [0.717, 1.165) is 0 Å². The van der Waals surface area contributed by atoms with E-state index < -0.39 is 11.0 Å². The molecule has 0 saturated heterocycles. The molecule has 158 valence electrons. The zero-order valence-corrected chi connectivity index (χ0v) is 16.5. The van der Waals surface area contributed by atoms with Gasteiger partial charge >= 0.3 is 5.82 Å². The summed E-state index contributed by atoms with van der Waals surface area (Å²) in [6.07, 6.45) is -0.377. The zero-order valence-electron chi connectivity index (χ0n) is 16.5. The van der Waals surface area contributed by atoms with Crippen LogP contribution >= 0.6 is 0 Å². The summed E-state index contributed by atoms with van der Waals surface area (Å²) < 4.78 is 11.6. The van der Waals surface area contributed by atoms with Gasteiger partial charge in [-0.05, 0) is 34.5 Å². The zero-order chi connectivity index (χ0) is 21.8. The van der Waals surface area contributed by atoms with Crippen LogP contribution in [0.3, 0.4) is 0 Å². The van der Waals surface area contributed by atoms with Gasteiger partial charge in [-0.2, -0.15) is 0 Å². The third-order valence-corrected chi connectivity index (χ3v) is 4.76. The standard InChI is InChI=1S/C22H20N4O5/c23-16-8-4-9-17(14-16)30-13-5-12-25-21-18(10-11-19(24-21)26(28)29)31-20(22(25)27)15-6-2-1-3-7-15/h1-4,6-11,14,20H,5,12-13,23H2. The summed E-state index contributed by atoms with van der Waals surface area (Å²) in [5.74, 6) is 0.390. The molecule has 0 radical (unpaired) electrons. The summed E-state index contributed by atoms with van der Waals surface area (Å²) in [4.78, 5) is 29.3. The fourth-order valence-electron chi connectivity index (χ4n) is 3.31. The van der Waals surface area contributed by atoms with Gasteiger partial charge in [0.1, 0.15) is 5.75 Å². The van der Waals surface area contributed by atoms with E-state index in [0.29, 0.717) is 35.8 Å². The van der Waals surface area contributed by atoms with E-state index in [1.165, 1.54) is 17.0 Å². The third kappa shape index (κ3) is 4.40. The minimum absolute atomic E-state index is 0.135. The van der Waals surface area contributed by atoms with Gasteiger partial charge in [0.15, 0.2) is 5.75 Å². The quantitative estimate of drug-likeness (QED) is 0.269. The lowest BCUT2D eigenvalue weighted by Crippen LogP contribution is -2.42. The number of anilines is 2. The topological polar surface area (TPSA) is 121 Å². The summed E-state index contributed by atoms with van der Waals surface area (Å²) >= 11 is 0. The molecule has 2 N–H and O–H groups in total. The van der Waals surface area contributed by atoms with Gasteiger partial charge in [-0.15, -0.1) is 0 Å². The summed E-state index contributed by atoms with van der Waals surface area (Å²) in [6.45, 7) is 0.587. The molecule has 0 bridgehead atoms. The molecule has 2 aromatic carbocycles.